The van der Waals surface area contributed by atoms with Gasteiger partial charge in [-0.15, -0.1) is 0 Å². The van der Waals surface area contributed by atoms with Crippen molar-refractivity contribution < 1.29 is 19.7 Å². The van der Waals surface area contributed by atoms with Gasteiger partial charge in [0.1, 0.15) is 5.69 Å². The van der Waals surface area contributed by atoms with Crippen LogP contribution in [0.25, 0.3) is 0 Å². The van der Waals surface area contributed by atoms with E-state index in [1.54, 1.807) is 6.07 Å². The number of rotatable bonds is 7. The second kappa shape index (κ2) is 6.76. The molecule has 1 heterocycles. The maximum atomic E-state index is 10.5. The Balaban J connectivity index is 2.29. The fraction of sp³-hybridized carbons (Fsp3) is 0.400. The number of aromatic carboxylic acids is 1. The molecule has 0 unspecified atom stereocenters. The fourth-order valence-corrected chi connectivity index (χ4v) is 1.06. The summed E-state index contributed by atoms with van der Waals surface area (Å²) >= 11 is 0. The lowest BCUT2D eigenvalue weighted by Gasteiger charge is -2.06. The topological polar surface area (TPSA) is 91.7 Å². The number of anilines is 1. The third-order valence-corrected chi connectivity index (χ3v) is 1.79. The van der Waals surface area contributed by atoms with Crippen molar-refractivity contribution in [1.82, 2.24) is 4.98 Å². The molecule has 3 N–H and O–H groups in total. The van der Waals surface area contributed by atoms with E-state index in [0.717, 1.165) is 5.69 Å². The van der Waals surface area contributed by atoms with Crippen LogP contribution in [0.5, 0.6) is 0 Å². The van der Waals surface area contributed by atoms with E-state index in [4.69, 9.17) is 14.9 Å². The average molecular weight is 226 g/mol. The van der Waals surface area contributed by atoms with Crippen LogP contribution in [0, 0.1) is 0 Å². The van der Waals surface area contributed by atoms with Gasteiger partial charge in [0.2, 0.25) is 0 Å². The second-order valence-electron chi connectivity index (χ2n) is 3.00. The van der Waals surface area contributed by atoms with Gasteiger partial charge in [-0.25, -0.2) is 9.78 Å². The summed E-state index contributed by atoms with van der Waals surface area (Å²) in [5, 5.41) is 20.1. The Bertz CT molecular complexity index is 326. The first kappa shape index (κ1) is 12.4. The summed E-state index contributed by atoms with van der Waals surface area (Å²) < 4.78 is 5.04. The first-order chi connectivity index (χ1) is 7.74. The Morgan fingerprint density at radius 1 is 1.44 bits per heavy atom. The Hall–Kier alpha value is -1.66. The number of aromatic nitrogens is 1. The highest BCUT2D eigenvalue weighted by molar-refractivity contribution is 5.85. The van der Waals surface area contributed by atoms with Crippen molar-refractivity contribution >= 4 is 11.7 Å². The maximum Gasteiger partial charge on any atom is 0.354 e. The summed E-state index contributed by atoms with van der Waals surface area (Å²) in [6.45, 7) is 1.38. The third-order valence-electron chi connectivity index (χ3n) is 1.79. The number of carbonyl (C=O) groups is 1. The Kier molecular flexibility index (Phi) is 5.24. The predicted molar refractivity (Wildman–Crippen MR) is 57.6 cm³/mol. The van der Waals surface area contributed by atoms with Gasteiger partial charge in [0.05, 0.1) is 31.7 Å². The molecular weight excluding hydrogens is 212 g/mol. The highest BCUT2D eigenvalue weighted by Crippen LogP contribution is 2.05. The first-order valence-electron chi connectivity index (χ1n) is 4.86. The molecule has 0 spiro atoms. The summed E-state index contributed by atoms with van der Waals surface area (Å²) in [5.41, 5.74) is 0.750. The van der Waals surface area contributed by atoms with Crippen molar-refractivity contribution in [2.45, 2.75) is 0 Å². The first-order valence-corrected chi connectivity index (χ1v) is 4.86. The molecule has 6 nitrogen and oxygen atoms in total. The SMILES string of the molecule is O=C(O)c1ccc(NCCOCCO)cn1. The minimum absolute atomic E-state index is 0.00879. The number of hydrogen-bond donors (Lipinski definition) is 3. The molecule has 0 bridgehead atoms. The molecule has 1 aromatic heterocycles. The van der Waals surface area contributed by atoms with Crippen LogP contribution in [-0.2, 0) is 4.74 Å². The number of hydrogen-bond acceptors (Lipinski definition) is 5. The van der Waals surface area contributed by atoms with Gasteiger partial charge in [-0.05, 0) is 12.1 Å². The molecule has 0 amide bonds. The van der Waals surface area contributed by atoms with Crippen LogP contribution in [0.2, 0.25) is 0 Å². The van der Waals surface area contributed by atoms with Gasteiger partial charge in [0.15, 0.2) is 0 Å². The fourth-order valence-electron chi connectivity index (χ4n) is 1.06. The average Bonchev–Trinajstić information content (AvgIpc) is 2.29. The molecule has 1 aromatic rings. The minimum Gasteiger partial charge on any atom is -0.477 e. The minimum atomic E-state index is -1.04. The number of aliphatic hydroxyl groups excluding tert-OH is 1. The lowest BCUT2D eigenvalue weighted by atomic mass is 10.3. The number of carboxylic acids is 1. The molecule has 0 aliphatic heterocycles. The van der Waals surface area contributed by atoms with Gasteiger partial charge in [-0.3, -0.25) is 0 Å². The lowest BCUT2D eigenvalue weighted by molar-refractivity contribution is 0.0690. The normalized spacial score (nSPS) is 10.1. The van der Waals surface area contributed by atoms with E-state index in [0.29, 0.717) is 19.8 Å². The molecule has 1 rings (SSSR count). The zero-order chi connectivity index (χ0) is 11.8. The summed E-state index contributed by atoms with van der Waals surface area (Å²) in [4.78, 5) is 14.3. The highest BCUT2D eigenvalue weighted by atomic mass is 16.5. The molecule has 0 radical (unpaired) electrons. The molecule has 0 saturated carbocycles. The van der Waals surface area contributed by atoms with E-state index >= 15 is 0 Å². The van der Waals surface area contributed by atoms with Crippen molar-refractivity contribution in [2.24, 2.45) is 0 Å². The summed E-state index contributed by atoms with van der Waals surface area (Å²) in [7, 11) is 0. The molecule has 0 saturated heterocycles. The summed E-state index contributed by atoms with van der Waals surface area (Å²) in [6, 6.07) is 3.07. The van der Waals surface area contributed by atoms with Gasteiger partial charge in [-0.2, -0.15) is 0 Å². The Morgan fingerprint density at radius 3 is 2.81 bits per heavy atom. The second-order valence-corrected chi connectivity index (χ2v) is 3.00. The maximum absolute atomic E-state index is 10.5. The van der Waals surface area contributed by atoms with E-state index in [-0.39, 0.29) is 12.3 Å². The van der Waals surface area contributed by atoms with E-state index in [9.17, 15) is 4.79 Å². The largest absolute Gasteiger partial charge is 0.477 e. The van der Waals surface area contributed by atoms with Crippen LogP contribution in [0.3, 0.4) is 0 Å². The lowest BCUT2D eigenvalue weighted by Crippen LogP contribution is -2.11. The molecular formula is C10H14N2O4. The van der Waals surface area contributed by atoms with Gasteiger partial charge in [0.25, 0.3) is 0 Å². The molecule has 16 heavy (non-hydrogen) atoms. The number of nitrogens with one attached hydrogen (secondary N) is 1. The molecule has 0 fully saturated rings. The van der Waals surface area contributed by atoms with Crippen molar-refractivity contribution in [2.75, 3.05) is 31.7 Å². The van der Waals surface area contributed by atoms with Crippen molar-refractivity contribution in [3.8, 4) is 0 Å². The predicted octanol–water partition coefficient (Wildman–Crippen LogP) is 0.201. The van der Waals surface area contributed by atoms with Crippen LogP contribution in [0.15, 0.2) is 18.3 Å². The van der Waals surface area contributed by atoms with Crippen LogP contribution in [-0.4, -0.2) is 47.5 Å². The summed E-state index contributed by atoms with van der Waals surface area (Å²) in [5.74, 6) is -1.04. The van der Waals surface area contributed by atoms with Gasteiger partial charge in [-0.1, -0.05) is 0 Å². The van der Waals surface area contributed by atoms with Crippen LogP contribution in [0.4, 0.5) is 5.69 Å². The van der Waals surface area contributed by atoms with Gasteiger partial charge < -0.3 is 20.3 Å². The van der Waals surface area contributed by atoms with E-state index in [1.165, 1.54) is 12.3 Å². The molecule has 0 aromatic carbocycles. The van der Waals surface area contributed by atoms with Crippen LogP contribution < -0.4 is 5.32 Å². The van der Waals surface area contributed by atoms with E-state index in [1.807, 2.05) is 0 Å². The number of nitrogens with zero attached hydrogens (tertiary/aromatic N) is 1. The van der Waals surface area contributed by atoms with Gasteiger partial charge in [0, 0.05) is 6.54 Å². The quantitative estimate of drug-likeness (QED) is 0.575. The van der Waals surface area contributed by atoms with E-state index < -0.39 is 5.97 Å². The monoisotopic (exact) mass is 226 g/mol. The third kappa shape index (κ3) is 4.24. The number of ether oxygens (including phenoxy) is 1. The number of aliphatic hydroxyl groups is 1. The Morgan fingerprint density at radius 2 is 2.25 bits per heavy atom. The summed E-state index contributed by atoms with van der Waals surface area (Å²) in [6.07, 6.45) is 1.45. The number of pyridine rings is 1. The smallest absolute Gasteiger partial charge is 0.354 e. The zero-order valence-corrected chi connectivity index (χ0v) is 8.72. The van der Waals surface area contributed by atoms with Crippen molar-refractivity contribution in [1.29, 1.82) is 0 Å². The molecule has 0 aliphatic rings. The molecule has 88 valence electrons. The van der Waals surface area contributed by atoms with E-state index in [2.05, 4.69) is 10.3 Å². The number of carboxylic acid groups (broad SMARTS) is 1. The van der Waals surface area contributed by atoms with Crippen molar-refractivity contribution in [3.63, 3.8) is 0 Å². The zero-order valence-electron chi connectivity index (χ0n) is 8.72. The van der Waals surface area contributed by atoms with Crippen LogP contribution in [0.1, 0.15) is 10.5 Å². The Labute approximate surface area is 92.9 Å². The molecule has 0 aliphatic carbocycles. The molecule has 0 atom stereocenters. The standard InChI is InChI=1S/C10H14N2O4/c13-4-6-16-5-3-11-8-1-2-9(10(14)15)12-7-8/h1-2,7,11,13H,3-6H2,(H,14,15). The molecule has 6 heteroatoms. The van der Waals surface area contributed by atoms with Crippen molar-refractivity contribution in [3.05, 3.63) is 24.0 Å². The highest BCUT2D eigenvalue weighted by Gasteiger charge is 2.02. The van der Waals surface area contributed by atoms with Gasteiger partial charge >= 0.3 is 5.97 Å². The van der Waals surface area contributed by atoms with Crippen LogP contribution >= 0.6 is 0 Å².